The zero-order chi connectivity index (χ0) is 22.1. The van der Waals surface area contributed by atoms with E-state index in [1.54, 1.807) is 29.2 Å². The number of anilines is 1. The summed E-state index contributed by atoms with van der Waals surface area (Å²) in [5, 5.41) is 10.2. The van der Waals surface area contributed by atoms with Crippen LogP contribution in [0.25, 0.3) is 6.08 Å². The Bertz CT molecular complexity index is 1230. The highest BCUT2D eigenvalue weighted by molar-refractivity contribution is 8.19. The number of hydrogen-bond donors (Lipinski definition) is 1. The van der Waals surface area contributed by atoms with Crippen molar-refractivity contribution in [2.24, 2.45) is 4.99 Å². The summed E-state index contributed by atoms with van der Waals surface area (Å²) in [6, 6.07) is 18.9. The number of nitrogens with zero attached hydrogens (tertiary/aromatic N) is 2. The van der Waals surface area contributed by atoms with Crippen LogP contribution in [-0.4, -0.2) is 16.2 Å². The van der Waals surface area contributed by atoms with E-state index in [4.69, 9.17) is 4.99 Å². The van der Waals surface area contributed by atoms with Crippen molar-refractivity contribution in [3.05, 3.63) is 93.4 Å². The number of carbonyl (C=O) groups is 1. The molecule has 0 spiro atoms. The van der Waals surface area contributed by atoms with Gasteiger partial charge in [0.2, 0.25) is 0 Å². The van der Waals surface area contributed by atoms with Gasteiger partial charge in [-0.1, -0.05) is 24.3 Å². The molecule has 1 N–H and O–H groups in total. The van der Waals surface area contributed by atoms with E-state index >= 15 is 0 Å². The molecule has 1 heterocycles. The highest BCUT2D eigenvalue weighted by Gasteiger charge is 2.35. The molecule has 0 aromatic heterocycles. The number of phenolic OH excluding ortho intramolecular Hbond substituents is 1. The lowest BCUT2D eigenvalue weighted by atomic mass is 10.1. The normalized spacial score (nSPS) is 16.5. The first-order chi connectivity index (χ1) is 14.8. The number of amidine groups is 1. The van der Waals surface area contributed by atoms with Crippen molar-refractivity contribution in [3.63, 3.8) is 0 Å². The van der Waals surface area contributed by atoms with Gasteiger partial charge in [0, 0.05) is 0 Å². The van der Waals surface area contributed by atoms with Crippen LogP contribution in [0.1, 0.15) is 27.8 Å². The number of benzene rings is 3. The molecule has 1 saturated heterocycles. The number of thioether (sulfide) groups is 1. The van der Waals surface area contributed by atoms with Crippen molar-refractivity contribution in [1.29, 1.82) is 0 Å². The molecule has 4 nitrogen and oxygen atoms in total. The molecule has 31 heavy (non-hydrogen) atoms. The van der Waals surface area contributed by atoms with E-state index in [1.807, 2.05) is 49.4 Å². The lowest BCUT2D eigenvalue weighted by Crippen LogP contribution is -2.28. The summed E-state index contributed by atoms with van der Waals surface area (Å²) in [7, 11) is 0. The van der Waals surface area contributed by atoms with Gasteiger partial charge in [0.15, 0.2) is 5.17 Å². The Hall–Kier alpha value is -3.31. The molecule has 0 aliphatic carbocycles. The zero-order valence-corrected chi connectivity index (χ0v) is 18.8. The molecule has 1 aliphatic heterocycles. The van der Waals surface area contributed by atoms with E-state index in [0.29, 0.717) is 10.1 Å². The van der Waals surface area contributed by atoms with E-state index in [9.17, 15) is 9.90 Å². The minimum Gasteiger partial charge on any atom is -0.508 e. The molecule has 1 amide bonds. The van der Waals surface area contributed by atoms with E-state index in [1.165, 1.54) is 22.9 Å². The van der Waals surface area contributed by atoms with E-state index in [-0.39, 0.29) is 11.7 Å². The van der Waals surface area contributed by atoms with Crippen molar-refractivity contribution in [3.8, 4) is 5.75 Å². The minimum absolute atomic E-state index is 0.107. The molecule has 1 fully saturated rings. The van der Waals surface area contributed by atoms with Gasteiger partial charge in [-0.25, -0.2) is 4.99 Å². The van der Waals surface area contributed by atoms with E-state index in [2.05, 4.69) is 20.8 Å². The van der Waals surface area contributed by atoms with Crippen LogP contribution in [0.2, 0.25) is 0 Å². The molecule has 0 atom stereocenters. The molecule has 0 radical (unpaired) electrons. The van der Waals surface area contributed by atoms with Crippen molar-refractivity contribution in [2.45, 2.75) is 27.7 Å². The van der Waals surface area contributed by atoms with Gasteiger partial charge in [0.25, 0.3) is 5.91 Å². The van der Waals surface area contributed by atoms with E-state index < -0.39 is 0 Å². The maximum Gasteiger partial charge on any atom is 0.271 e. The number of carbonyl (C=O) groups excluding carboxylic acids is 1. The van der Waals surface area contributed by atoms with Crippen LogP contribution in [0.4, 0.5) is 11.4 Å². The standard InChI is InChI=1S/C26H24N2O2S/c1-16-5-9-21(13-18(16)3)27-26-28(22-10-6-17(2)19(4)14-22)25(30)24(31-26)15-20-7-11-23(29)12-8-20/h5-15,29H,1-4H3/b24-15+,27-26?. The lowest BCUT2D eigenvalue weighted by Gasteiger charge is -2.17. The molecule has 0 unspecified atom stereocenters. The number of amides is 1. The zero-order valence-electron chi connectivity index (χ0n) is 18.0. The van der Waals surface area contributed by atoms with Crippen LogP contribution in [0.15, 0.2) is 70.6 Å². The highest BCUT2D eigenvalue weighted by Crippen LogP contribution is 2.38. The Morgan fingerprint density at radius 1 is 0.839 bits per heavy atom. The number of aliphatic imine (C=N–C) groups is 1. The van der Waals surface area contributed by atoms with Gasteiger partial charge in [0.05, 0.1) is 16.3 Å². The van der Waals surface area contributed by atoms with Gasteiger partial charge < -0.3 is 5.11 Å². The monoisotopic (exact) mass is 428 g/mol. The number of aromatic hydroxyl groups is 1. The van der Waals surface area contributed by atoms with Crippen LogP contribution in [-0.2, 0) is 4.79 Å². The largest absolute Gasteiger partial charge is 0.508 e. The third-order valence-electron chi connectivity index (χ3n) is 5.46. The first-order valence-corrected chi connectivity index (χ1v) is 10.9. The molecule has 4 rings (SSSR count). The molecular weight excluding hydrogens is 404 g/mol. The lowest BCUT2D eigenvalue weighted by molar-refractivity contribution is -0.113. The summed E-state index contributed by atoms with van der Waals surface area (Å²) in [6.07, 6.45) is 1.84. The van der Waals surface area contributed by atoms with Crippen LogP contribution >= 0.6 is 11.8 Å². The average molecular weight is 429 g/mol. The molecule has 156 valence electrons. The average Bonchev–Trinajstić information content (AvgIpc) is 3.03. The van der Waals surface area contributed by atoms with Crippen LogP contribution < -0.4 is 4.90 Å². The highest BCUT2D eigenvalue weighted by atomic mass is 32.2. The molecule has 1 aliphatic rings. The van der Waals surface area contributed by atoms with Crippen molar-refractivity contribution in [1.82, 2.24) is 0 Å². The van der Waals surface area contributed by atoms with Gasteiger partial charge in [-0.2, -0.15) is 0 Å². The molecule has 3 aromatic carbocycles. The third kappa shape index (κ3) is 4.42. The number of rotatable bonds is 3. The summed E-state index contributed by atoms with van der Waals surface area (Å²) in [4.78, 5) is 20.5. The predicted octanol–water partition coefficient (Wildman–Crippen LogP) is 6.43. The van der Waals surface area contributed by atoms with Crippen molar-refractivity contribution < 1.29 is 9.90 Å². The fraction of sp³-hybridized carbons (Fsp3) is 0.154. The van der Waals surface area contributed by atoms with Gasteiger partial charge in [-0.05, 0) is 110 Å². The van der Waals surface area contributed by atoms with E-state index in [0.717, 1.165) is 28.1 Å². The topological polar surface area (TPSA) is 52.9 Å². The first-order valence-electron chi connectivity index (χ1n) is 10.1. The second-order valence-electron chi connectivity index (χ2n) is 7.77. The summed E-state index contributed by atoms with van der Waals surface area (Å²) >= 11 is 1.36. The second-order valence-corrected chi connectivity index (χ2v) is 8.78. The summed E-state index contributed by atoms with van der Waals surface area (Å²) < 4.78 is 0. The Kier molecular flexibility index (Phi) is 5.70. The molecular formula is C26H24N2O2S. The van der Waals surface area contributed by atoms with Gasteiger partial charge in [-0.3, -0.25) is 9.69 Å². The summed E-state index contributed by atoms with van der Waals surface area (Å²) in [5.74, 6) is 0.0882. The Labute approximate surface area is 187 Å². The summed E-state index contributed by atoms with van der Waals surface area (Å²) in [6.45, 7) is 8.23. The minimum atomic E-state index is -0.107. The predicted molar refractivity (Wildman–Crippen MR) is 130 cm³/mol. The van der Waals surface area contributed by atoms with Crippen LogP contribution in [0.5, 0.6) is 5.75 Å². The first kappa shape index (κ1) is 20.9. The smallest absolute Gasteiger partial charge is 0.271 e. The second kappa shape index (κ2) is 8.44. The Morgan fingerprint density at radius 2 is 1.48 bits per heavy atom. The summed E-state index contributed by atoms with van der Waals surface area (Å²) in [5.41, 5.74) is 7.13. The van der Waals surface area contributed by atoms with Gasteiger partial charge >= 0.3 is 0 Å². The Balaban J connectivity index is 1.80. The van der Waals surface area contributed by atoms with Gasteiger partial charge in [0.1, 0.15) is 5.75 Å². The number of aryl methyl sites for hydroxylation is 4. The maximum atomic E-state index is 13.4. The number of phenols is 1. The van der Waals surface area contributed by atoms with Crippen molar-refractivity contribution >= 4 is 40.3 Å². The van der Waals surface area contributed by atoms with Crippen molar-refractivity contribution in [2.75, 3.05) is 4.90 Å². The molecule has 5 heteroatoms. The van der Waals surface area contributed by atoms with Crippen LogP contribution in [0.3, 0.4) is 0 Å². The fourth-order valence-corrected chi connectivity index (χ4v) is 4.27. The molecule has 3 aromatic rings. The maximum absolute atomic E-state index is 13.4. The van der Waals surface area contributed by atoms with Gasteiger partial charge in [-0.15, -0.1) is 0 Å². The van der Waals surface area contributed by atoms with Crippen LogP contribution in [0, 0.1) is 27.7 Å². The number of hydrogen-bond acceptors (Lipinski definition) is 4. The molecule has 0 saturated carbocycles. The fourth-order valence-electron chi connectivity index (χ4n) is 3.27. The third-order valence-corrected chi connectivity index (χ3v) is 6.43. The molecule has 0 bridgehead atoms. The quantitative estimate of drug-likeness (QED) is 0.489. The SMILES string of the molecule is Cc1ccc(N=C2S/C(=C/c3ccc(O)cc3)C(=O)N2c2ccc(C)c(C)c2)cc1C. The Morgan fingerprint density at radius 3 is 2.13 bits per heavy atom.